The summed E-state index contributed by atoms with van der Waals surface area (Å²) in [5.74, 6) is 7.84. The molecule has 0 fully saturated rings. The van der Waals surface area contributed by atoms with Crippen LogP contribution in [0.15, 0.2) is 60.7 Å². The average molecular weight is 459 g/mol. The van der Waals surface area contributed by atoms with Gasteiger partial charge in [-0.3, -0.25) is 0 Å². The molecule has 1 unspecified atom stereocenters. The van der Waals surface area contributed by atoms with E-state index in [2.05, 4.69) is 102 Å². The van der Waals surface area contributed by atoms with Crippen molar-refractivity contribution in [3.8, 4) is 17.6 Å². The molecule has 3 heteroatoms. The van der Waals surface area contributed by atoms with E-state index in [-0.39, 0.29) is 12.5 Å². The molecule has 0 aliphatic rings. The van der Waals surface area contributed by atoms with Gasteiger partial charge in [0.2, 0.25) is 0 Å². The van der Waals surface area contributed by atoms with E-state index in [9.17, 15) is 5.11 Å². The van der Waals surface area contributed by atoms with E-state index in [1.165, 1.54) is 5.39 Å². The third kappa shape index (κ3) is 5.18. The fourth-order valence-corrected chi connectivity index (χ4v) is 10.4. The Balaban J connectivity index is 2.11. The summed E-state index contributed by atoms with van der Waals surface area (Å²) in [5.41, 5.74) is 4.48. The first kappa shape index (κ1) is 25.1. The molecule has 0 saturated heterocycles. The van der Waals surface area contributed by atoms with Crippen LogP contribution in [0.2, 0.25) is 16.6 Å². The Labute approximate surface area is 201 Å². The lowest BCUT2D eigenvalue weighted by Gasteiger charge is -2.42. The van der Waals surface area contributed by atoms with Gasteiger partial charge in [-0.15, -0.1) is 0 Å². The molecular formula is C30H38O2Si. The fourth-order valence-electron chi connectivity index (χ4n) is 5.12. The molecule has 0 bridgehead atoms. The number of hydrogen-bond donors (Lipinski definition) is 1. The maximum absolute atomic E-state index is 9.40. The Morgan fingerprint density at radius 3 is 1.94 bits per heavy atom. The Morgan fingerprint density at radius 1 is 0.758 bits per heavy atom. The molecule has 0 aliphatic carbocycles. The summed E-state index contributed by atoms with van der Waals surface area (Å²) in [6.45, 7) is 16.1. The van der Waals surface area contributed by atoms with Gasteiger partial charge in [0.15, 0.2) is 0 Å². The van der Waals surface area contributed by atoms with Crippen molar-refractivity contribution in [2.24, 2.45) is 0 Å². The molecule has 3 aromatic rings. The van der Waals surface area contributed by atoms with E-state index in [4.69, 9.17) is 4.43 Å². The van der Waals surface area contributed by atoms with Gasteiger partial charge < -0.3 is 9.53 Å². The number of aliphatic hydroxyl groups excluding tert-OH is 1. The van der Waals surface area contributed by atoms with Gasteiger partial charge in [0.25, 0.3) is 8.32 Å². The minimum Gasteiger partial charge on any atom is -0.541 e. The van der Waals surface area contributed by atoms with E-state index in [1.54, 1.807) is 0 Å². The Morgan fingerprint density at radius 2 is 1.36 bits per heavy atom. The van der Waals surface area contributed by atoms with Crippen LogP contribution in [0.1, 0.15) is 71.1 Å². The zero-order valence-corrected chi connectivity index (χ0v) is 22.1. The van der Waals surface area contributed by atoms with Gasteiger partial charge in [-0.05, 0) is 45.8 Å². The van der Waals surface area contributed by atoms with Crippen LogP contribution in [-0.2, 0) is 0 Å². The summed E-state index contributed by atoms with van der Waals surface area (Å²) in [6.07, 6.45) is 0. The van der Waals surface area contributed by atoms with Crippen LogP contribution in [0.25, 0.3) is 10.8 Å². The largest absolute Gasteiger partial charge is 0.541 e. The molecule has 3 aromatic carbocycles. The quantitative estimate of drug-likeness (QED) is 0.288. The van der Waals surface area contributed by atoms with Crippen LogP contribution in [0.4, 0.5) is 0 Å². The van der Waals surface area contributed by atoms with Crippen molar-refractivity contribution >= 4 is 19.1 Å². The lowest BCUT2D eigenvalue weighted by molar-refractivity contribution is 0.273. The van der Waals surface area contributed by atoms with Gasteiger partial charge >= 0.3 is 0 Å². The van der Waals surface area contributed by atoms with Crippen LogP contribution in [-0.4, -0.2) is 20.0 Å². The first-order valence-corrected chi connectivity index (χ1v) is 14.3. The highest BCUT2D eigenvalue weighted by molar-refractivity contribution is 6.78. The van der Waals surface area contributed by atoms with Crippen molar-refractivity contribution in [3.05, 3.63) is 77.4 Å². The van der Waals surface area contributed by atoms with Crippen molar-refractivity contribution in [1.82, 2.24) is 0 Å². The Kier molecular flexibility index (Phi) is 8.05. The summed E-state index contributed by atoms with van der Waals surface area (Å²) in [5, 5.41) is 11.7. The summed E-state index contributed by atoms with van der Waals surface area (Å²) in [7, 11) is -2.14. The highest BCUT2D eigenvalue weighted by atomic mass is 28.4. The van der Waals surface area contributed by atoms with Gasteiger partial charge in [-0.25, -0.2) is 0 Å². The van der Waals surface area contributed by atoms with Crippen molar-refractivity contribution in [1.29, 1.82) is 0 Å². The first-order valence-electron chi connectivity index (χ1n) is 12.1. The average Bonchev–Trinajstić information content (AvgIpc) is 2.80. The van der Waals surface area contributed by atoms with E-state index in [0.29, 0.717) is 16.6 Å². The molecule has 0 heterocycles. The predicted molar refractivity (Wildman–Crippen MR) is 144 cm³/mol. The third-order valence-electron chi connectivity index (χ3n) is 6.96. The van der Waals surface area contributed by atoms with Crippen molar-refractivity contribution < 1.29 is 9.53 Å². The number of benzene rings is 3. The Bertz CT molecular complexity index is 1110. The smallest absolute Gasteiger partial charge is 0.258 e. The summed E-state index contributed by atoms with van der Waals surface area (Å²) in [4.78, 5) is 0. The van der Waals surface area contributed by atoms with E-state index >= 15 is 0 Å². The fraction of sp³-hybridized carbons (Fsp3) is 0.400. The lowest BCUT2D eigenvalue weighted by Crippen LogP contribution is -2.50. The zero-order chi connectivity index (χ0) is 24.2. The molecule has 174 valence electrons. The molecule has 0 aliphatic heterocycles. The number of rotatable bonds is 7. The van der Waals surface area contributed by atoms with Crippen molar-refractivity contribution in [3.63, 3.8) is 0 Å². The van der Waals surface area contributed by atoms with E-state index in [1.807, 2.05) is 19.1 Å². The van der Waals surface area contributed by atoms with Gasteiger partial charge in [0, 0.05) is 23.5 Å². The van der Waals surface area contributed by atoms with Crippen LogP contribution in [0.3, 0.4) is 0 Å². The highest BCUT2D eigenvalue weighted by Gasteiger charge is 2.47. The van der Waals surface area contributed by atoms with Crippen LogP contribution < -0.4 is 4.43 Å². The van der Waals surface area contributed by atoms with Crippen LogP contribution >= 0.6 is 0 Å². The topological polar surface area (TPSA) is 29.5 Å². The molecule has 0 spiro atoms. The molecule has 0 amide bonds. The minimum absolute atomic E-state index is 0.133. The first-order chi connectivity index (χ1) is 15.7. The predicted octanol–water partition coefficient (Wildman–Crippen LogP) is 7.89. The molecular weight excluding hydrogens is 420 g/mol. The second-order valence-electron chi connectivity index (χ2n) is 10.0. The van der Waals surface area contributed by atoms with Gasteiger partial charge in [-0.1, -0.05) is 103 Å². The molecule has 0 radical (unpaired) electrons. The normalized spacial score (nSPS) is 12.8. The number of aliphatic hydroxyl groups is 1. The van der Waals surface area contributed by atoms with Gasteiger partial charge in [0.1, 0.15) is 5.75 Å². The highest BCUT2D eigenvalue weighted by Crippen LogP contribution is 2.45. The standard InChI is InChI=1S/C30H38O2Si/c1-21(2)33(22(3)4,23(5)6)32-30-28(19-18-27-10-8-9-11-29(27)30)17-14-25-12-15-26(16-13-25)24(7)20-31/h8-13,15-16,18-19,21-24,31H,20H2,1-7H3. The number of fused-ring (bicyclic) bond motifs is 1. The third-order valence-corrected chi connectivity index (χ3v) is 12.9. The molecule has 1 atom stereocenters. The summed E-state index contributed by atoms with van der Waals surface area (Å²) in [6, 6.07) is 20.9. The monoisotopic (exact) mass is 458 g/mol. The summed E-state index contributed by atoms with van der Waals surface area (Å²) < 4.78 is 7.19. The molecule has 33 heavy (non-hydrogen) atoms. The van der Waals surface area contributed by atoms with Crippen molar-refractivity contribution in [2.45, 2.75) is 71.0 Å². The lowest BCUT2D eigenvalue weighted by atomic mass is 10.0. The van der Waals surface area contributed by atoms with Crippen LogP contribution in [0, 0.1) is 11.8 Å². The molecule has 1 N–H and O–H groups in total. The molecule has 3 rings (SSSR count). The SMILES string of the molecule is CC(CO)c1ccc(C#Cc2ccc3ccccc3c2O[Si](C(C)C)(C(C)C)C(C)C)cc1. The van der Waals surface area contributed by atoms with Crippen molar-refractivity contribution in [2.75, 3.05) is 6.61 Å². The second kappa shape index (κ2) is 10.6. The van der Waals surface area contributed by atoms with Crippen LogP contribution in [0.5, 0.6) is 5.75 Å². The van der Waals surface area contributed by atoms with E-state index in [0.717, 1.165) is 27.8 Å². The van der Waals surface area contributed by atoms with Gasteiger partial charge in [0.05, 0.1) is 5.56 Å². The number of hydrogen-bond acceptors (Lipinski definition) is 2. The minimum atomic E-state index is -2.14. The maximum Gasteiger partial charge on any atom is 0.258 e. The van der Waals surface area contributed by atoms with Gasteiger partial charge in [-0.2, -0.15) is 0 Å². The molecule has 0 saturated carbocycles. The zero-order valence-electron chi connectivity index (χ0n) is 21.1. The Hall–Kier alpha value is -2.54. The molecule has 2 nitrogen and oxygen atoms in total. The molecule has 0 aromatic heterocycles. The maximum atomic E-state index is 9.40. The summed E-state index contributed by atoms with van der Waals surface area (Å²) >= 11 is 0. The van der Waals surface area contributed by atoms with E-state index < -0.39 is 8.32 Å². The second-order valence-corrected chi connectivity index (χ2v) is 15.4.